The predicted octanol–water partition coefficient (Wildman–Crippen LogP) is -0.128. The van der Waals surface area contributed by atoms with Crippen LogP contribution in [0.25, 0.3) is 0 Å². The SMILES string of the molecule is CN(C)C(=O)CNC(=O)CN1C(=O)C(=O)N(CCC2=CCCCC2)C1=O. The highest BCUT2D eigenvalue weighted by molar-refractivity contribution is 6.45. The second kappa shape index (κ2) is 8.59. The van der Waals surface area contributed by atoms with Crippen molar-refractivity contribution in [1.82, 2.24) is 20.0 Å². The number of nitrogens with one attached hydrogen (secondary N) is 1. The predicted molar refractivity (Wildman–Crippen MR) is 91.7 cm³/mol. The molecular formula is C17H24N4O5. The molecule has 1 aliphatic carbocycles. The van der Waals surface area contributed by atoms with Crippen molar-refractivity contribution in [2.75, 3.05) is 33.7 Å². The zero-order valence-corrected chi connectivity index (χ0v) is 15.1. The Bertz CT molecular complexity index is 656. The summed E-state index contributed by atoms with van der Waals surface area (Å²) in [5.41, 5.74) is 1.18. The summed E-state index contributed by atoms with van der Waals surface area (Å²) in [4.78, 5) is 62.5. The van der Waals surface area contributed by atoms with Crippen molar-refractivity contribution in [1.29, 1.82) is 0 Å². The average molecular weight is 364 g/mol. The lowest BCUT2D eigenvalue weighted by atomic mass is 9.97. The number of urea groups is 1. The first-order chi connectivity index (χ1) is 12.3. The largest absolute Gasteiger partial charge is 0.347 e. The quantitative estimate of drug-likeness (QED) is 0.385. The van der Waals surface area contributed by atoms with E-state index < -0.39 is 30.3 Å². The van der Waals surface area contributed by atoms with Gasteiger partial charge in [-0.1, -0.05) is 11.6 Å². The second-order valence-corrected chi connectivity index (χ2v) is 6.55. The Kier molecular flexibility index (Phi) is 6.48. The van der Waals surface area contributed by atoms with Gasteiger partial charge in [0.05, 0.1) is 6.54 Å². The summed E-state index contributed by atoms with van der Waals surface area (Å²) in [6.07, 6.45) is 6.82. The summed E-state index contributed by atoms with van der Waals surface area (Å²) in [7, 11) is 3.08. The first-order valence-corrected chi connectivity index (χ1v) is 8.63. The number of likely N-dealkylation sites (N-methyl/N-ethyl adjacent to an activating group) is 1. The van der Waals surface area contributed by atoms with Gasteiger partial charge < -0.3 is 10.2 Å². The van der Waals surface area contributed by atoms with Crippen molar-refractivity contribution in [3.8, 4) is 0 Å². The van der Waals surface area contributed by atoms with E-state index in [-0.39, 0.29) is 19.0 Å². The highest BCUT2D eigenvalue weighted by atomic mass is 16.2. The first kappa shape index (κ1) is 19.6. The van der Waals surface area contributed by atoms with Crippen molar-refractivity contribution >= 4 is 29.7 Å². The van der Waals surface area contributed by atoms with Crippen LogP contribution in [0.5, 0.6) is 0 Å². The minimum Gasteiger partial charge on any atom is -0.347 e. The van der Waals surface area contributed by atoms with Crippen molar-refractivity contribution in [3.05, 3.63) is 11.6 Å². The molecular weight excluding hydrogens is 340 g/mol. The minimum absolute atomic E-state index is 0.131. The maximum atomic E-state index is 12.3. The third-order valence-electron chi connectivity index (χ3n) is 4.41. The van der Waals surface area contributed by atoms with Gasteiger partial charge in [-0.15, -0.1) is 0 Å². The molecule has 0 aromatic rings. The van der Waals surface area contributed by atoms with E-state index in [0.717, 1.165) is 30.6 Å². The van der Waals surface area contributed by atoms with Crippen LogP contribution in [0.1, 0.15) is 32.1 Å². The molecule has 0 atom stereocenters. The van der Waals surface area contributed by atoms with Crippen LogP contribution < -0.4 is 5.32 Å². The van der Waals surface area contributed by atoms with Gasteiger partial charge >= 0.3 is 17.8 Å². The number of nitrogens with zero attached hydrogens (tertiary/aromatic N) is 3. The van der Waals surface area contributed by atoms with Gasteiger partial charge in [-0.25, -0.2) is 9.69 Å². The highest BCUT2D eigenvalue weighted by Gasteiger charge is 2.44. The molecule has 2 aliphatic rings. The normalized spacial score (nSPS) is 17.5. The average Bonchev–Trinajstić information content (AvgIpc) is 2.82. The fraction of sp³-hybridized carbons (Fsp3) is 0.588. The van der Waals surface area contributed by atoms with Crippen molar-refractivity contribution < 1.29 is 24.0 Å². The Balaban J connectivity index is 1.89. The lowest BCUT2D eigenvalue weighted by Crippen LogP contribution is -2.44. The molecule has 9 heteroatoms. The maximum Gasteiger partial charge on any atom is 0.334 e. The van der Waals surface area contributed by atoms with Gasteiger partial charge in [-0.2, -0.15) is 0 Å². The van der Waals surface area contributed by atoms with Crippen LogP contribution in [-0.2, 0) is 19.2 Å². The van der Waals surface area contributed by atoms with Gasteiger partial charge in [-0.3, -0.25) is 24.1 Å². The van der Waals surface area contributed by atoms with E-state index in [4.69, 9.17) is 0 Å². The molecule has 1 heterocycles. The van der Waals surface area contributed by atoms with Crippen molar-refractivity contribution in [2.24, 2.45) is 0 Å². The number of imide groups is 2. The molecule has 0 radical (unpaired) electrons. The number of hydrogen-bond acceptors (Lipinski definition) is 5. The lowest BCUT2D eigenvalue weighted by Gasteiger charge is -2.18. The lowest BCUT2D eigenvalue weighted by molar-refractivity contribution is -0.144. The topological polar surface area (TPSA) is 107 Å². The number of carbonyl (C=O) groups is 5. The summed E-state index contributed by atoms with van der Waals surface area (Å²) < 4.78 is 0. The smallest absolute Gasteiger partial charge is 0.334 e. The zero-order chi connectivity index (χ0) is 19.3. The molecule has 26 heavy (non-hydrogen) atoms. The number of hydrogen-bond donors (Lipinski definition) is 1. The summed E-state index contributed by atoms with van der Waals surface area (Å²) in [6, 6.07) is -0.787. The Morgan fingerprint density at radius 1 is 1.12 bits per heavy atom. The minimum atomic E-state index is -1.01. The van der Waals surface area contributed by atoms with Crippen LogP contribution in [0.15, 0.2) is 11.6 Å². The molecule has 2 rings (SSSR count). The van der Waals surface area contributed by atoms with Crippen LogP contribution in [0.2, 0.25) is 0 Å². The Morgan fingerprint density at radius 3 is 2.42 bits per heavy atom. The standard InChI is InChI=1S/C17H24N4O5/c1-19(2)14(23)10-18-13(22)11-21-16(25)15(24)20(17(21)26)9-8-12-6-4-3-5-7-12/h6H,3-5,7-11H2,1-2H3,(H,18,22). The molecule has 1 saturated heterocycles. The summed E-state index contributed by atoms with van der Waals surface area (Å²) in [5.74, 6) is -2.92. The van der Waals surface area contributed by atoms with Crippen molar-refractivity contribution in [2.45, 2.75) is 32.1 Å². The fourth-order valence-corrected chi connectivity index (χ4v) is 2.81. The molecule has 142 valence electrons. The van der Waals surface area contributed by atoms with Crippen LogP contribution in [0.4, 0.5) is 4.79 Å². The molecule has 1 aliphatic heterocycles. The van der Waals surface area contributed by atoms with Crippen LogP contribution in [0.3, 0.4) is 0 Å². The summed E-state index contributed by atoms with van der Waals surface area (Å²) in [5, 5.41) is 2.33. The first-order valence-electron chi connectivity index (χ1n) is 8.63. The van der Waals surface area contributed by atoms with E-state index in [2.05, 4.69) is 11.4 Å². The molecule has 0 aromatic carbocycles. The molecule has 0 unspecified atom stereocenters. The number of allylic oxidation sites excluding steroid dienone is 1. The number of amides is 6. The molecule has 0 aromatic heterocycles. The highest BCUT2D eigenvalue weighted by Crippen LogP contribution is 2.21. The van der Waals surface area contributed by atoms with Crippen molar-refractivity contribution in [3.63, 3.8) is 0 Å². The van der Waals surface area contributed by atoms with Crippen LogP contribution in [0, 0.1) is 0 Å². The fourth-order valence-electron chi connectivity index (χ4n) is 2.81. The van der Waals surface area contributed by atoms with E-state index in [9.17, 15) is 24.0 Å². The van der Waals surface area contributed by atoms with Gasteiger partial charge in [0, 0.05) is 20.6 Å². The molecule has 1 fully saturated rings. The molecule has 0 saturated carbocycles. The summed E-state index contributed by atoms with van der Waals surface area (Å²) >= 11 is 0. The molecule has 9 nitrogen and oxygen atoms in total. The van der Waals surface area contributed by atoms with E-state index in [0.29, 0.717) is 11.3 Å². The van der Waals surface area contributed by atoms with Gasteiger partial charge in [0.2, 0.25) is 11.8 Å². The Labute approximate surface area is 152 Å². The van der Waals surface area contributed by atoms with E-state index >= 15 is 0 Å². The van der Waals surface area contributed by atoms with E-state index in [1.165, 1.54) is 10.5 Å². The molecule has 6 amide bonds. The van der Waals surface area contributed by atoms with Gasteiger partial charge in [0.15, 0.2) is 0 Å². The second-order valence-electron chi connectivity index (χ2n) is 6.55. The third kappa shape index (κ3) is 4.68. The summed E-state index contributed by atoms with van der Waals surface area (Å²) in [6.45, 7) is -0.691. The van der Waals surface area contributed by atoms with E-state index in [1.807, 2.05) is 0 Å². The molecule has 0 spiro atoms. The molecule has 1 N–H and O–H groups in total. The number of carbonyl (C=O) groups excluding carboxylic acids is 5. The third-order valence-corrected chi connectivity index (χ3v) is 4.41. The van der Waals surface area contributed by atoms with Gasteiger partial charge in [0.25, 0.3) is 0 Å². The van der Waals surface area contributed by atoms with Crippen LogP contribution >= 0.6 is 0 Å². The monoisotopic (exact) mass is 364 g/mol. The zero-order valence-electron chi connectivity index (χ0n) is 15.1. The van der Waals surface area contributed by atoms with E-state index in [1.54, 1.807) is 14.1 Å². The van der Waals surface area contributed by atoms with Gasteiger partial charge in [0.1, 0.15) is 6.54 Å². The maximum absolute atomic E-state index is 12.3. The molecule has 0 bridgehead atoms. The Hall–Kier alpha value is -2.71. The van der Waals surface area contributed by atoms with Gasteiger partial charge in [-0.05, 0) is 32.1 Å². The number of rotatable bonds is 7. The van der Waals surface area contributed by atoms with Crippen LogP contribution in [-0.4, -0.2) is 78.1 Å². The Morgan fingerprint density at radius 2 is 1.81 bits per heavy atom.